The van der Waals surface area contributed by atoms with E-state index in [2.05, 4.69) is 0 Å². The van der Waals surface area contributed by atoms with Crippen LogP contribution in [0.2, 0.25) is 12.1 Å². The van der Waals surface area contributed by atoms with Gasteiger partial charge >= 0.3 is 24.7 Å². The van der Waals surface area contributed by atoms with Gasteiger partial charge in [-0.2, -0.15) is 52.7 Å². The third kappa shape index (κ3) is 8.64. The van der Waals surface area contributed by atoms with E-state index in [0.29, 0.717) is 67.8 Å². The fourth-order valence-corrected chi connectivity index (χ4v) is 9.98. The minimum atomic E-state index is -5.00. The quantitative estimate of drug-likeness (QED) is 0.110. The van der Waals surface area contributed by atoms with Crippen molar-refractivity contribution in [3.63, 3.8) is 0 Å². The standard InChI is InChI=1S/C44H38F12Si/c1-5-7-25-17-35-33(11-9-23(3)39(35)27-13-29(41(45,46)47)19-30(14-27)42(48,49)50)37(25)21-57-22-38-26(8-6-2)18-36-34(38)12-10-24(4)40(36)28-15-31(43(51,52)53)20-32(16-28)44(54,55)56/h9-20,37-38H,5-8,21-22H2,1-4H3. The zero-order valence-electron chi connectivity index (χ0n) is 31.4. The Morgan fingerprint density at radius 1 is 0.474 bits per heavy atom. The number of hydrogen-bond donors (Lipinski definition) is 0. The number of fused-ring (bicyclic) bond motifs is 2. The van der Waals surface area contributed by atoms with Crippen molar-refractivity contribution in [3.8, 4) is 22.3 Å². The van der Waals surface area contributed by atoms with E-state index in [-0.39, 0.29) is 35.1 Å². The molecule has 0 spiro atoms. The maximum atomic E-state index is 13.9. The molecule has 0 fully saturated rings. The molecule has 6 rings (SSSR count). The molecule has 302 valence electrons. The fraction of sp³-hybridized carbons (Fsp3) is 0.364. The van der Waals surface area contributed by atoms with Crippen molar-refractivity contribution in [3.05, 3.63) is 127 Å². The van der Waals surface area contributed by atoms with Gasteiger partial charge in [-0.1, -0.05) is 86.3 Å². The number of allylic oxidation sites excluding steroid dienone is 2. The average molecular weight is 823 g/mol. The van der Waals surface area contributed by atoms with E-state index in [1.165, 1.54) is 0 Å². The minimum absolute atomic E-state index is 0.121. The predicted octanol–water partition coefficient (Wildman–Crippen LogP) is 15.5. The summed E-state index contributed by atoms with van der Waals surface area (Å²) in [5.41, 5.74) is 0.644. The van der Waals surface area contributed by atoms with Crippen LogP contribution in [0.4, 0.5) is 52.7 Å². The summed E-state index contributed by atoms with van der Waals surface area (Å²) >= 11 is 0. The summed E-state index contributed by atoms with van der Waals surface area (Å²) in [5, 5.41) is 0. The normalized spacial score (nSPS) is 17.1. The van der Waals surface area contributed by atoms with E-state index in [1.54, 1.807) is 26.0 Å². The first kappa shape index (κ1) is 42.3. The SMILES string of the molecule is CCCC1=Cc2c(ccc(C)c2-c2cc(C(F)(F)F)cc(C(F)(F)F)c2)C1C[Si]CC1C(CCC)=Cc2c1ccc(C)c2-c1cc(C(F)(F)F)cc(C(F)(F)F)c1. The summed E-state index contributed by atoms with van der Waals surface area (Å²) in [6.45, 7) is 7.28. The van der Waals surface area contributed by atoms with Crippen LogP contribution < -0.4 is 0 Å². The second-order valence-corrected chi connectivity index (χ2v) is 16.1. The molecule has 57 heavy (non-hydrogen) atoms. The van der Waals surface area contributed by atoms with Crippen LogP contribution in [-0.2, 0) is 24.7 Å². The van der Waals surface area contributed by atoms with Gasteiger partial charge in [0.05, 0.1) is 22.3 Å². The van der Waals surface area contributed by atoms with E-state index < -0.39 is 47.0 Å². The Morgan fingerprint density at radius 2 is 0.789 bits per heavy atom. The molecule has 0 aliphatic heterocycles. The van der Waals surface area contributed by atoms with Crippen LogP contribution in [0.15, 0.2) is 71.8 Å². The summed E-state index contributed by atoms with van der Waals surface area (Å²) in [4.78, 5) is 0. The highest BCUT2D eigenvalue weighted by Gasteiger charge is 2.40. The Labute approximate surface area is 325 Å². The van der Waals surface area contributed by atoms with E-state index in [9.17, 15) is 52.7 Å². The monoisotopic (exact) mass is 822 g/mol. The van der Waals surface area contributed by atoms with Crippen molar-refractivity contribution >= 4 is 21.7 Å². The van der Waals surface area contributed by atoms with Crippen molar-refractivity contribution in [1.82, 2.24) is 0 Å². The summed E-state index contributed by atoms with van der Waals surface area (Å²) in [5.74, 6) is -0.297. The third-order valence-corrected chi connectivity index (χ3v) is 12.2. The molecule has 0 heterocycles. The molecule has 0 aromatic heterocycles. The lowest BCUT2D eigenvalue weighted by atomic mass is 9.88. The third-order valence-electron chi connectivity index (χ3n) is 10.8. The van der Waals surface area contributed by atoms with Gasteiger partial charge in [-0.05, 0) is 119 Å². The van der Waals surface area contributed by atoms with E-state index >= 15 is 0 Å². The largest absolute Gasteiger partial charge is 0.416 e. The van der Waals surface area contributed by atoms with Crippen molar-refractivity contribution in [2.45, 2.75) is 102 Å². The molecular formula is C44H38F12Si. The van der Waals surface area contributed by atoms with Gasteiger partial charge in [-0.25, -0.2) is 0 Å². The van der Waals surface area contributed by atoms with Crippen LogP contribution in [0.1, 0.15) is 107 Å². The predicted molar refractivity (Wildman–Crippen MR) is 200 cm³/mol. The van der Waals surface area contributed by atoms with E-state index in [1.807, 2.05) is 38.1 Å². The smallest absolute Gasteiger partial charge is 0.166 e. The average Bonchev–Trinajstić information content (AvgIpc) is 3.63. The highest BCUT2D eigenvalue weighted by atomic mass is 28.2. The summed E-state index contributed by atoms with van der Waals surface area (Å²) in [6, 6.07) is 11.8. The van der Waals surface area contributed by atoms with Gasteiger partial charge in [0, 0.05) is 21.4 Å². The Kier molecular flexibility index (Phi) is 11.5. The number of benzene rings is 4. The number of alkyl halides is 12. The highest BCUT2D eigenvalue weighted by molar-refractivity contribution is 6.36. The molecule has 4 aromatic rings. The number of aryl methyl sites for hydroxylation is 2. The lowest BCUT2D eigenvalue weighted by Gasteiger charge is -2.22. The van der Waals surface area contributed by atoms with Gasteiger partial charge in [0.1, 0.15) is 0 Å². The number of hydrogen-bond acceptors (Lipinski definition) is 0. The van der Waals surface area contributed by atoms with Crippen LogP contribution in [0, 0.1) is 13.8 Å². The van der Waals surface area contributed by atoms with Gasteiger partial charge in [0.2, 0.25) is 0 Å². The molecule has 4 aromatic carbocycles. The fourth-order valence-electron chi connectivity index (χ4n) is 8.27. The summed E-state index contributed by atoms with van der Waals surface area (Å²) < 4.78 is 166. The minimum Gasteiger partial charge on any atom is -0.166 e. The van der Waals surface area contributed by atoms with Gasteiger partial charge in [-0.15, -0.1) is 0 Å². The van der Waals surface area contributed by atoms with Crippen LogP contribution in [0.3, 0.4) is 0 Å². The lowest BCUT2D eigenvalue weighted by molar-refractivity contribution is -0.144. The molecule has 2 unspecified atom stereocenters. The van der Waals surface area contributed by atoms with Gasteiger partial charge in [0.15, 0.2) is 0 Å². The van der Waals surface area contributed by atoms with Crippen molar-refractivity contribution in [2.75, 3.05) is 0 Å². The second kappa shape index (κ2) is 15.5. The number of halogens is 12. The topological polar surface area (TPSA) is 0 Å². The van der Waals surface area contributed by atoms with Gasteiger partial charge < -0.3 is 0 Å². The lowest BCUT2D eigenvalue weighted by Crippen LogP contribution is -2.11. The molecule has 0 nitrogen and oxygen atoms in total. The first-order valence-electron chi connectivity index (χ1n) is 18.5. The van der Waals surface area contributed by atoms with Gasteiger partial charge in [-0.3, -0.25) is 0 Å². The molecule has 0 amide bonds. The van der Waals surface area contributed by atoms with Crippen LogP contribution in [0.25, 0.3) is 34.4 Å². The first-order chi connectivity index (χ1) is 26.5. The Morgan fingerprint density at radius 3 is 1.07 bits per heavy atom. The Hall–Kier alpha value is -4.26. The maximum absolute atomic E-state index is 13.9. The number of rotatable bonds is 10. The molecule has 0 saturated carbocycles. The van der Waals surface area contributed by atoms with Gasteiger partial charge in [0.25, 0.3) is 0 Å². The van der Waals surface area contributed by atoms with Crippen LogP contribution in [0.5, 0.6) is 0 Å². The van der Waals surface area contributed by atoms with Crippen molar-refractivity contribution in [1.29, 1.82) is 0 Å². The zero-order valence-corrected chi connectivity index (χ0v) is 32.4. The van der Waals surface area contributed by atoms with Crippen molar-refractivity contribution in [2.24, 2.45) is 0 Å². The zero-order chi connectivity index (χ0) is 41.8. The summed E-state index contributed by atoms with van der Waals surface area (Å²) in [6.07, 6.45) is -13.4. The summed E-state index contributed by atoms with van der Waals surface area (Å²) in [7, 11) is 0.311. The molecule has 0 bridgehead atoms. The second-order valence-electron chi connectivity index (χ2n) is 14.8. The highest BCUT2D eigenvalue weighted by Crippen LogP contribution is 2.50. The molecule has 2 aliphatic carbocycles. The molecule has 0 N–H and O–H groups in total. The molecule has 13 heteroatoms. The molecule has 2 aliphatic rings. The molecular weight excluding hydrogens is 785 g/mol. The molecule has 0 saturated heterocycles. The van der Waals surface area contributed by atoms with Crippen LogP contribution >= 0.6 is 0 Å². The van der Waals surface area contributed by atoms with E-state index in [0.717, 1.165) is 59.4 Å². The Bertz CT molecular complexity index is 2010. The van der Waals surface area contributed by atoms with E-state index in [4.69, 9.17) is 0 Å². The maximum Gasteiger partial charge on any atom is 0.416 e. The molecule has 2 atom stereocenters. The Balaban J connectivity index is 1.35. The van der Waals surface area contributed by atoms with Crippen LogP contribution in [-0.4, -0.2) is 9.52 Å². The molecule has 2 radical (unpaired) electrons. The first-order valence-corrected chi connectivity index (χ1v) is 19.9. The van der Waals surface area contributed by atoms with Crippen molar-refractivity contribution < 1.29 is 52.7 Å².